The molecule has 2 rings (SSSR count). The number of benzene rings is 1. The van der Waals surface area contributed by atoms with Crippen molar-refractivity contribution in [3.8, 4) is 0 Å². The number of hydrogen-bond acceptors (Lipinski definition) is 3. The maximum Gasteiger partial charge on any atom is 0.233 e. The zero-order valence-electron chi connectivity index (χ0n) is 13.2. The molecule has 1 aliphatic heterocycles. The molecule has 120 valence electrons. The van der Waals surface area contributed by atoms with E-state index in [0.29, 0.717) is 6.54 Å². The van der Waals surface area contributed by atoms with Crippen molar-refractivity contribution in [3.63, 3.8) is 0 Å². The van der Waals surface area contributed by atoms with Gasteiger partial charge in [-0.2, -0.15) is 0 Å². The average molecular weight is 303 g/mol. The fourth-order valence-electron chi connectivity index (χ4n) is 2.55. The van der Waals surface area contributed by atoms with Crippen molar-refractivity contribution in [3.05, 3.63) is 24.3 Å². The molecule has 5 nitrogen and oxygen atoms in total. The normalized spacial score (nSPS) is 14.0. The number of anilines is 2. The highest BCUT2D eigenvalue weighted by molar-refractivity contribution is 6.03. The Labute approximate surface area is 132 Å². The fraction of sp³-hybridized carbons (Fsp3) is 0.529. The first-order valence-corrected chi connectivity index (χ1v) is 8.10. The standard InChI is InChI=1S/C17H25N3O2/c1-2-3-10-18-16(21)13-17(22)19-14-6-8-15(9-7-14)20-11-4-5-12-20/h6-9H,2-5,10-13H2,1H3,(H,18,21)(H,19,22). The van der Waals surface area contributed by atoms with Crippen LogP contribution in [0.2, 0.25) is 0 Å². The smallest absolute Gasteiger partial charge is 0.233 e. The SMILES string of the molecule is CCCCNC(=O)CC(=O)Nc1ccc(N2CCCC2)cc1. The van der Waals surface area contributed by atoms with E-state index in [9.17, 15) is 9.59 Å². The summed E-state index contributed by atoms with van der Waals surface area (Å²) in [4.78, 5) is 25.7. The number of nitrogens with one attached hydrogen (secondary N) is 2. The molecule has 0 spiro atoms. The number of hydrogen-bond donors (Lipinski definition) is 2. The molecule has 22 heavy (non-hydrogen) atoms. The van der Waals surface area contributed by atoms with E-state index in [1.165, 1.54) is 18.5 Å². The average Bonchev–Trinajstić information content (AvgIpc) is 3.02. The summed E-state index contributed by atoms with van der Waals surface area (Å²) in [6, 6.07) is 7.81. The summed E-state index contributed by atoms with van der Waals surface area (Å²) in [6.07, 6.45) is 4.32. The van der Waals surface area contributed by atoms with E-state index in [1.54, 1.807) is 0 Å². The monoisotopic (exact) mass is 303 g/mol. The molecule has 0 saturated carbocycles. The summed E-state index contributed by atoms with van der Waals surface area (Å²) in [5, 5.41) is 5.50. The largest absolute Gasteiger partial charge is 0.372 e. The second-order valence-corrected chi connectivity index (χ2v) is 5.67. The third-order valence-corrected chi connectivity index (χ3v) is 3.80. The van der Waals surface area contributed by atoms with Crippen LogP contribution in [-0.4, -0.2) is 31.4 Å². The lowest BCUT2D eigenvalue weighted by Crippen LogP contribution is -2.28. The molecular formula is C17H25N3O2. The Hall–Kier alpha value is -2.04. The Kier molecular flexibility index (Phi) is 6.25. The Morgan fingerprint density at radius 1 is 1.09 bits per heavy atom. The van der Waals surface area contributed by atoms with Gasteiger partial charge in [-0.3, -0.25) is 9.59 Å². The molecular weight excluding hydrogens is 278 g/mol. The predicted octanol–water partition coefficient (Wildman–Crippen LogP) is 2.53. The van der Waals surface area contributed by atoms with Crippen molar-refractivity contribution in [2.24, 2.45) is 0 Å². The van der Waals surface area contributed by atoms with Gasteiger partial charge in [-0.1, -0.05) is 13.3 Å². The topological polar surface area (TPSA) is 61.4 Å². The molecule has 0 atom stereocenters. The molecule has 1 aromatic carbocycles. The van der Waals surface area contributed by atoms with Crippen molar-refractivity contribution < 1.29 is 9.59 Å². The first kappa shape index (κ1) is 16.3. The Bertz CT molecular complexity index is 493. The van der Waals surface area contributed by atoms with E-state index in [0.717, 1.165) is 31.6 Å². The lowest BCUT2D eigenvalue weighted by atomic mass is 10.2. The van der Waals surface area contributed by atoms with Gasteiger partial charge in [-0.05, 0) is 43.5 Å². The van der Waals surface area contributed by atoms with E-state index < -0.39 is 0 Å². The van der Waals surface area contributed by atoms with Crippen LogP contribution < -0.4 is 15.5 Å². The minimum atomic E-state index is -0.275. The number of unbranched alkanes of at least 4 members (excludes halogenated alkanes) is 1. The quantitative estimate of drug-likeness (QED) is 0.601. The molecule has 1 saturated heterocycles. The molecule has 1 fully saturated rings. The molecule has 0 aliphatic carbocycles. The second kappa shape index (κ2) is 8.41. The summed E-state index contributed by atoms with van der Waals surface area (Å²) < 4.78 is 0. The summed E-state index contributed by atoms with van der Waals surface area (Å²) >= 11 is 0. The maximum atomic E-state index is 11.8. The van der Waals surface area contributed by atoms with E-state index in [1.807, 2.05) is 24.3 Å². The van der Waals surface area contributed by atoms with Crippen molar-refractivity contribution in [1.82, 2.24) is 5.32 Å². The van der Waals surface area contributed by atoms with Gasteiger partial charge in [0.2, 0.25) is 11.8 Å². The minimum Gasteiger partial charge on any atom is -0.372 e. The number of carbonyl (C=O) groups excluding carboxylic acids is 2. The van der Waals surface area contributed by atoms with E-state index in [4.69, 9.17) is 0 Å². The summed E-state index contributed by atoms with van der Waals surface area (Å²) in [5.41, 5.74) is 1.92. The predicted molar refractivity (Wildman–Crippen MR) is 89.1 cm³/mol. The van der Waals surface area contributed by atoms with Gasteiger partial charge in [-0.15, -0.1) is 0 Å². The summed E-state index contributed by atoms with van der Waals surface area (Å²) in [7, 11) is 0. The van der Waals surface area contributed by atoms with Gasteiger partial charge in [0, 0.05) is 31.0 Å². The number of nitrogens with zero attached hydrogens (tertiary/aromatic N) is 1. The van der Waals surface area contributed by atoms with Crippen LogP contribution in [0.5, 0.6) is 0 Å². The highest BCUT2D eigenvalue weighted by atomic mass is 16.2. The molecule has 2 N–H and O–H groups in total. The van der Waals surface area contributed by atoms with Gasteiger partial charge in [-0.25, -0.2) is 0 Å². The van der Waals surface area contributed by atoms with Crippen LogP contribution in [0.25, 0.3) is 0 Å². The number of carbonyl (C=O) groups is 2. The van der Waals surface area contributed by atoms with Crippen LogP contribution in [0.1, 0.15) is 39.0 Å². The fourth-order valence-corrected chi connectivity index (χ4v) is 2.55. The number of rotatable bonds is 7. The van der Waals surface area contributed by atoms with Crippen LogP contribution in [0.3, 0.4) is 0 Å². The lowest BCUT2D eigenvalue weighted by Gasteiger charge is -2.17. The first-order chi connectivity index (χ1) is 10.7. The van der Waals surface area contributed by atoms with E-state index in [-0.39, 0.29) is 18.2 Å². The van der Waals surface area contributed by atoms with Crippen LogP contribution >= 0.6 is 0 Å². The molecule has 1 aliphatic rings. The van der Waals surface area contributed by atoms with Gasteiger partial charge >= 0.3 is 0 Å². The summed E-state index contributed by atoms with van der Waals surface area (Å²) in [6.45, 7) is 4.89. The van der Waals surface area contributed by atoms with Crippen molar-refractivity contribution in [2.45, 2.75) is 39.0 Å². The molecule has 5 heteroatoms. The minimum absolute atomic E-state index is 0.127. The van der Waals surface area contributed by atoms with Crippen molar-refractivity contribution in [2.75, 3.05) is 29.9 Å². The van der Waals surface area contributed by atoms with E-state index >= 15 is 0 Å². The van der Waals surface area contributed by atoms with Gasteiger partial charge < -0.3 is 15.5 Å². The molecule has 2 amide bonds. The van der Waals surface area contributed by atoms with Crippen LogP contribution in [0.4, 0.5) is 11.4 Å². The Morgan fingerprint density at radius 3 is 2.41 bits per heavy atom. The van der Waals surface area contributed by atoms with Crippen molar-refractivity contribution in [1.29, 1.82) is 0 Å². The lowest BCUT2D eigenvalue weighted by molar-refractivity contribution is -0.126. The zero-order valence-corrected chi connectivity index (χ0v) is 13.2. The molecule has 0 radical (unpaired) electrons. The molecule has 0 bridgehead atoms. The van der Waals surface area contributed by atoms with E-state index in [2.05, 4.69) is 22.5 Å². The summed E-state index contributed by atoms with van der Waals surface area (Å²) in [5.74, 6) is -0.498. The zero-order chi connectivity index (χ0) is 15.8. The van der Waals surface area contributed by atoms with Crippen LogP contribution in [0, 0.1) is 0 Å². The third-order valence-electron chi connectivity index (χ3n) is 3.80. The highest BCUT2D eigenvalue weighted by Crippen LogP contribution is 2.22. The van der Waals surface area contributed by atoms with Gasteiger partial charge in [0.15, 0.2) is 0 Å². The Morgan fingerprint density at radius 2 is 1.77 bits per heavy atom. The van der Waals surface area contributed by atoms with Crippen LogP contribution in [-0.2, 0) is 9.59 Å². The number of amides is 2. The van der Waals surface area contributed by atoms with Gasteiger partial charge in [0.25, 0.3) is 0 Å². The third kappa shape index (κ3) is 5.06. The molecule has 0 aromatic heterocycles. The Balaban J connectivity index is 1.77. The first-order valence-electron chi connectivity index (χ1n) is 8.10. The maximum absolute atomic E-state index is 11.8. The van der Waals surface area contributed by atoms with Gasteiger partial charge in [0.1, 0.15) is 6.42 Å². The highest BCUT2D eigenvalue weighted by Gasteiger charge is 2.13. The second-order valence-electron chi connectivity index (χ2n) is 5.67. The van der Waals surface area contributed by atoms with Crippen LogP contribution in [0.15, 0.2) is 24.3 Å². The molecule has 0 unspecified atom stereocenters. The van der Waals surface area contributed by atoms with Crippen molar-refractivity contribution >= 4 is 23.2 Å². The molecule has 1 aromatic rings. The van der Waals surface area contributed by atoms with Gasteiger partial charge in [0.05, 0.1) is 0 Å². The molecule has 1 heterocycles.